The van der Waals surface area contributed by atoms with Crippen molar-refractivity contribution in [2.24, 2.45) is 0 Å². The summed E-state index contributed by atoms with van der Waals surface area (Å²) in [4.78, 5) is 51.9. The Morgan fingerprint density at radius 1 is 0.976 bits per heavy atom. The van der Waals surface area contributed by atoms with Crippen molar-refractivity contribution in [3.8, 4) is 17.2 Å². The van der Waals surface area contributed by atoms with E-state index < -0.39 is 23.8 Å². The van der Waals surface area contributed by atoms with Gasteiger partial charge >= 0.3 is 6.03 Å². The second kappa shape index (κ2) is 14.0. The van der Waals surface area contributed by atoms with Crippen LogP contribution in [-0.2, 0) is 14.4 Å². The van der Waals surface area contributed by atoms with Crippen LogP contribution >= 0.6 is 27.5 Å². The normalized spacial score (nSPS) is 14.0. The number of barbiturate groups is 1. The number of benzene rings is 3. The van der Waals surface area contributed by atoms with Crippen LogP contribution in [0.3, 0.4) is 0 Å². The summed E-state index contributed by atoms with van der Waals surface area (Å²) in [7, 11) is 0. The maximum absolute atomic E-state index is 13.4. The molecule has 3 aromatic carbocycles. The van der Waals surface area contributed by atoms with E-state index in [0.717, 1.165) is 11.3 Å². The number of hydrogen-bond donors (Lipinski definition) is 2. The number of carbonyl (C=O) groups excluding carboxylic acids is 4. The Hall–Kier alpha value is -4.35. The molecule has 3 aromatic rings. The molecule has 0 unspecified atom stereocenters. The monoisotopic (exact) mass is 655 g/mol. The van der Waals surface area contributed by atoms with Crippen LogP contribution in [-0.4, -0.2) is 43.6 Å². The molecule has 0 radical (unpaired) electrons. The van der Waals surface area contributed by atoms with Crippen molar-refractivity contribution in [1.82, 2.24) is 5.32 Å². The molecule has 1 aliphatic heterocycles. The van der Waals surface area contributed by atoms with Crippen LogP contribution < -0.4 is 29.7 Å². The highest BCUT2D eigenvalue weighted by Gasteiger charge is 2.37. The largest absolute Gasteiger partial charge is 0.490 e. The first kappa shape index (κ1) is 30.6. The fraction of sp³-hybridized carbons (Fsp3) is 0.200. The second-order valence-corrected chi connectivity index (χ2v) is 10.1. The molecule has 5 amide bonds. The van der Waals surface area contributed by atoms with Crippen molar-refractivity contribution < 1.29 is 33.4 Å². The average Bonchev–Trinajstić information content (AvgIpc) is 2.95. The summed E-state index contributed by atoms with van der Waals surface area (Å²) in [5.41, 5.74) is 0.897. The lowest BCUT2D eigenvalue weighted by molar-refractivity contribution is -0.122. The number of nitrogens with one attached hydrogen (secondary N) is 2. The van der Waals surface area contributed by atoms with Gasteiger partial charge in [-0.1, -0.05) is 36.7 Å². The van der Waals surface area contributed by atoms with Crippen LogP contribution in [0.5, 0.6) is 17.2 Å². The average molecular weight is 657 g/mol. The van der Waals surface area contributed by atoms with Crippen LogP contribution in [0.25, 0.3) is 6.08 Å². The van der Waals surface area contributed by atoms with E-state index in [1.54, 1.807) is 61.5 Å². The van der Waals surface area contributed by atoms with Gasteiger partial charge in [0.2, 0.25) is 0 Å². The van der Waals surface area contributed by atoms with E-state index in [1.807, 2.05) is 6.92 Å². The molecular weight excluding hydrogens is 630 g/mol. The molecule has 0 aromatic heterocycles. The van der Waals surface area contributed by atoms with E-state index in [2.05, 4.69) is 26.6 Å². The molecule has 1 saturated heterocycles. The molecular formula is C30H27BrClN3O7. The van der Waals surface area contributed by atoms with Crippen LogP contribution in [0.4, 0.5) is 16.2 Å². The zero-order valence-corrected chi connectivity index (χ0v) is 25.1. The van der Waals surface area contributed by atoms with E-state index in [-0.39, 0.29) is 17.9 Å². The van der Waals surface area contributed by atoms with Crippen molar-refractivity contribution in [2.75, 3.05) is 30.0 Å². The van der Waals surface area contributed by atoms with Gasteiger partial charge < -0.3 is 19.5 Å². The van der Waals surface area contributed by atoms with Gasteiger partial charge in [-0.2, -0.15) is 0 Å². The first-order valence-electron chi connectivity index (χ1n) is 13.0. The number of amides is 5. The summed E-state index contributed by atoms with van der Waals surface area (Å²) >= 11 is 9.46. The number of imide groups is 2. The number of anilines is 2. The molecule has 218 valence electrons. The van der Waals surface area contributed by atoms with Crippen molar-refractivity contribution in [2.45, 2.75) is 20.3 Å². The molecule has 1 heterocycles. The number of rotatable bonds is 11. The van der Waals surface area contributed by atoms with Crippen molar-refractivity contribution >= 4 is 68.7 Å². The molecule has 1 fully saturated rings. The number of nitrogens with zero attached hydrogens (tertiary/aromatic N) is 1. The molecule has 0 aliphatic carbocycles. The Labute approximate surface area is 255 Å². The highest BCUT2D eigenvalue weighted by atomic mass is 79.9. The van der Waals surface area contributed by atoms with Crippen molar-refractivity contribution in [1.29, 1.82) is 0 Å². The quantitative estimate of drug-likeness (QED) is 0.192. The Morgan fingerprint density at radius 3 is 2.45 bits per heavy atom. The molecule has 4 rings (SSSR count). The van der Waals surface area contributed by atoms with Crippen LogP contribution in [0, 0.1) is 0 Å². The summed E-state index contributed by atoms with van der Waals surface area (Å²) in [6.07, 6.45) is 2.15. The number of para-hydroxylation sites is 1. The Kier molecular flexibility index (Phi) is 10.2. The lowest BCUT2D eigenvalue weighted by Crippen LogP contribution is -2.54. The molecule has 1 aliphatic rings. The summed E-state index contributed by atoms with van der Waals surface area (Å²) < 4.78 is 17.4. The highest BCUT2D eigenvalue weighted by Crippen LogP contribution is 2.34. The third kappa shape index (κ3) is 7.29. The lowest BCUT2D eigenvalue weighted by atomic mass is 10.1. The number of halogens is 2. The number of hydrogen-bond acceptors (Lipinski definition) is 7. The van der Waals surface area contributed by atoms with Crippen LogP contribution in [0.2, 0.25) is 5.02 Å². The van der Waals surface area contributed by atoms with E-state index in [9.17, 15) is 19.2 Å². The first-order chi connectivity index (χ1) is 20.2. The van der Waals surface area contributed by atoms with E-state index in [4.69, 9.17) is 25.8 Å². The molecule has 12 heteroatoms. The van der Waals surface area contributed by atoms with Gasteiger partial charge in [0.15, 0.2) is 18.1 Å². The van der Waals surface area contributed by atoms with E-state index >= 15 is 0 Å². The van der Waals surface area contributed by atoms with E-state index in [1.165, 1.54) is 12.1 Å². The van der Waals surface area contributed by atoms with Gasteiger partial charge in [-0.3, -0.25) is 19.7 Å². The molecule has 2 N–H and O–H groups in total. The maximum Gasteiger partial charge on any atom is 0.335 e. The molecule has 0 bridgehead atoms. The fourth-order valence-corrected chi connectivity index (χ4v) is 4.60. The minimum absolute atomic E-state index is 0.211. The summed E-state index contributed by atoms with van der Waals surface area (Å²) in [5, 5.41) is 5.28. The summed E-state index contributed by atoms with van der Waals surface area (Å²) in [6, 6.07) is 15.4. The van der Waals surface area contributed by atoms with Gasteiger partial charge in [-0.25, -0.2) is 9.69 Å². The zero-order valence-electron chi connectivity index (χ0n) is 22.7. The minimum Gasteiger partial charge on any atom is -0.490 e. The molecule has 10 nitrogen and oxygen atoms in total. The molecule has 42 heavy (non-hydrogen) atoms. The van der Waals surface area contributed by atoms with Crippen LogP contribution in [0.1, 0.15) is 25.8 Å². The Morgan fingerprint density at radius 2 is 1.74 bits per heavy atom. The topological polar surface area (TPSA) is 123 Å². The summed E-state index contributed by atoms with van der Waals surface area (Å²) in [6.45, 7) is 4.31. The summed E-state index contributed by atoms with van der Waals surface area (Å²) in [5.74, 6) is -0.841. The first-order valence-corrected chi connectivity index (χ1v) is 14.2. The van der Waals surface area contributed by atoms with Crippen molar-refractivity contribution in [3.05, 3.63) is 81.3 Å². The van der Waals surface area contributed by atoms with Crippen molar-refractivity contribution in [3.63, 3.8) is 0 Å². The van der Waals surface area contributed by atoms with Gasteiger partial charge in [0.1, 0.15) is 11.3 Å². The molecule has 0 saturated carbocycles. The Balaban J connectivity index is 1.51. The van der Waals surface area contributed by atoms with Gasteiger partial charge in [-0.15, -0.1) is 0 Å². The third-order valence-electron chi connectivity index (χ3n) is 5.82. The molecule has 0 spiro atoms. The standard InChI is InChI=1S/C30H27BrClN3O7/c1-3-13-41-25-12-10-19(16-26(25)40-4-2)35-29(38)20(28(37)34-30(35)39)14-18-9-11-24(21(31)15-18)42-17-27(36)33-23-8-6-5-7-22(23)32/h5-12,14-16H,3-4,13,17H2,1-2H3,(H,33,36)(H,34,37,39)/b20-14+. The molecule has 0 atom stereocenters. The van der Waals surface area contributed by atoms with Gasteiger partial charge in [0, 0.05) is 6.07 Å². The second-order valence-electron chi connectivity index (χ2n) is 8.88. The van der Waals surface area contributed by atoms with E-state index in [0.29, 0.717) is 51.2 Å². The third-order valence-corrected chi connectivity index (χ3v) is 6.77. The van der Waals surface area contributed by atoms with Gasteiger partial charge in [0.05, 0.1) is 34.1 Å². The minimum atomic E-state index is -0.883. The SMILES string of the molecule is CCCOc1ccc(N2C(=O)NC(=O)/C(=C\c3ccc(OCC(=O)Nc4ccccc4Cl)c(Br)c3)C2=O)cc1OCC. The highest BCUT2D eigenvalue weighted by molar-refractivity contribution is 9.10. The fourth-order valence-electron chi connectivity index (χ4n) is 3.91. The Bertz CT molecular complexity index is 1560. The van der Waals surface area contributed by atoms with Gasteiger partial charge in [-0.05, 0) is 77.3 Å². The van der Waals surface area contributed by atoms with Crippen LogP contribution in [0.15, 0.2) is 70.7 Å². The zero-order chi connectivity index (χ0) is 30.2. The number of ether oxygens (including phenoxy) is 3. The predicted octanol–water partition coefficient (Wildman–Crippen LogP) is 5.97. The lowest BCUT2D eigenvalue weighted by Gasteiger charge is -2.27. The predicted molar refractivity (Wildman–Crippen MR) is 162 cm³/mol. The smallest absolute Gasteiger partial charge is 0.335 e. The van der Waals surface area contributed by atoms with Gasteiger partial charge in [0.25, 0.3) is 17.7 Å². The maximum atomic E-state index is 13.4. The number of urea groups is 1. The number of carbonyl (C=O) groups is 4.